The van der Waals surface area contributed by atoms with E-state index in [4.69, 9.17) is 4.74 Å². The van der Waals surface area contributed by atoms with Gasteiger partial charge in [0.05, 0.1) is 13.0 Å². The molecule has 0 aromatic heterocycles. The number of carbonyl (C=O) groups excluding carboxylic acids is 1. The first-order chi connectivity index (χ1) is 7.24. The molecule has 1 fully saturated rings. The molecule has 0 aromatic rings. The van der Waals surface area contributed by atoms with Crippen molar-refractivity contribution in [2.75, 3.05) is 31.2 Å². The minimum Gasteiger partial charge on any atom is -0.466 e. The second-order valence-corrected chi connectivity index (χ2v) is 5.08. The van der Waals surface area contributed by atoms with Crippen LogP contribution >= 0.6 is 11.8 Å². The fourth-order valence-corrected chi connectivity index (χ4v) is 2.70. The Balaban J connectivity index is 2.30. The van der Waals surface area contributed by atoms with Crippen LogP contribution in [0.3, 0.4) is 0 Å². The van der Waals surface area contributed by atoms with Gasteiger partial charge in [-0.2, -0.15) is 11.8 Å². The predicted octanol–water partition coefficient (Wildman–Crippen LogP) is 1.77. The molecule has 4 heteroatoms. The smallest absolute Gasteiger partial charge is 0.307 e. The van der Waals surface area contributed by atoms with Crippen molar-refractivity contribution in [3.05, 3.63) is 0 Å². The number of carbonyl (C=O) groups is 1. The molecule has 1 aliphatic rings. The van der Waals surface area contributed by atoms with Gasteiger partial charge in [-0.25, -0.2) is 0 Å². The summed E-state index contributed by atoms with van der Waals surface area (Å²) >= 11 is 2.01. The first kappa shape index (κ1) is 12.8. The van der Waals surface area contributed by atoms with E-state index >= 15 is 0 Å². The molecule has 0 aliphatic carbocycles. The topological polar surface area (TPSA) is 29.5 Å². The summed E-state index contributed by atoms with van der Waals surface area (Å²) in [6.07, 6.45) is 1.76. The number of hydrogen-bond acceptors (Lipinski definition) is 4. The molecule has 0 bridgehead atoms. The molecule has 15 heavy (non-hydrogen) atoms. The van der Waals surface area contributed by atoms with Gasteiger partial charge >= 0.3 is 5.97 Å². The van der Waals surface area contributed by atoms with Crippen LogP contribution < -0.4 is 0 Å². The van der Waals surface area contributed by atoms with Gasteiger partial charge in [0, 0.05) is 18.3 Å². The van der Waals surface area contributed by atoms with Gasteiger partial charge in [0.1, 0.15) is 0 Å². The van der Waals surface area contributed by atoms with Crippen molar-refractivity contribution in [3.63, 3.8) is 0 Å². The molecular formula is C11H21NO2S. The number of ether oxygens (including phenoxy) is 1. The summed E-state index contributed by atoms with van der Waals surface area (Å²) in [4.78, 5) is 13.7. The Labute approximate surface area is 96.5 Å². The molecule has 88 valence electrons. The van der Waals surface area contributed by atoms with Crippen LogP contribution in [0.25, 0.3) is 0 Å². The minimum atomic E-state index is -0.0677. The summed E-state index contributed by atoms with van der Waals surface area (Å²) in [5, 5.41) is 0. The lowest BCUT2D eigenvalue weighted by atomic mass is 10.2. The van der Waals surface area contributed by atoms with E-state index in [9.17, 15) is 4.79 Å². The van der Waals surface area contributed by atoms with Crippen LogP contribution in [0.4, 0.5) is 0 Å². The third-order valence-electron chi connectivity index (χ3n) is 2.65. The Morgan fingerprint density at radius 2 is 2.27 bits per heavy atom. The van der Waals surface area contributed by atoms with Gasteiger partial charge in [0.15, 0.2) is 0 Å². The zero-order valence-electron chi connectivity index (χ0n) is 9.70. The van der Waals surface area contributed by atoms with Gasteiger partial charge < -0.3 is 4.74 Å². The van der Waals surface area contributed by atoms with E-state index in [0.717, 1.165) is 13.1 Å². The third-order valence-corrected chi connectivity index (χ3v) is 3.70. The molecule has 1 unspecified atom stereocenters. The summed E-state index contributed by atoms with van der Waals surface area (Å²) in [5.74, 6) is 2.37. The molecule has 0 N–H and O–H groups in total. The van der Waals surface area contributed by atoms with E-state index in [2.05, 4.69) is 11.8 Å². The standard InChI is InChI=1S/C11H21NO2S/c1-3-14-11(13)9-10(2)12-5-4-7-15-8-6-12/h10H,3-9H2,1-2H3. The number of esters is 1. The van der Waals surface area contributed by atoms with Crippen molar-refractivity contribution in [1.82, 2.24) is 4.90 Å². The van der Waals surface area contributed by atoms with Gasteiger partial charge in [-0.15, -0.1) is 0 Å². The molecule has 0 amide bonds. The van der Waals surface area contributed by atoms with Crippen LogP contribution in [-0.2, 0) is 9.53 Å². The summed E-state index contributed by atoms with van der Waals surface area (Å²) in [6, 6.07) is 0.322. The molecule has 1 heterocycles. The summed E-state index contributed by atoms with van der Waals surface area (Å²) in [5.41, 5.74) is 0. The summed E-state index contributed by atoms with van der Waals surface area (Å²) < 4.78 is 4.96. The van der Waals surface area contributed by atoms with Crippen LogP contribution in [0.1, 0.15) is 26.7 Å². The quantitative estimate of drug-likeness (QED) is 0.690. The van der Waals surface area contributed by atoms with Gasteiger partial charge in [0.2, 0.25) is 0 Å². The number of thioether (sulfide) groups is 1. The van der Waals surface area contributed by atoms with Crippen LogP contribution in [0.5, 0.6) is 0 Å². The summed E-state index contributed by atoms with van der Waals surface area (Å²) in [6.45, 7) is 6.68. The highest BCUT2D eigenvalue weighted by Crippen LogP contribution is 2.14. The SMILES string of the molecule is CCOC(=O)CC(C)N1CCCSCC1. The molecule has 1 saturated heterocycles. The minimum absolute atomic E-state index is 0.0677. The normalized spacial score (nSPS) is 20.7. The van der Waals surface area contributed by atoms with Crippen LogP contribution in [0, 0.1) is 0 Å². The van der Waals surface area contributed by atoms with Gasteiger partial charge in [0.25, 0.3) is 0 Å². The molecule has 0 aromatic carbocycles. The fourth-order valence-electron chi connectivity index (χ4n) is 1.80. The molecule has 1 rings (SSSR count). The predicted molar refractivity (Wildman–Crippen MR) is 64.2 cm³/mol. The van der Waals surface area contributed by atoms with Crippen molar-refractivity contribution in [3.8, 4) is 0 Å². The molecule has 1 aliphatic heterocycles. The van der Waals surface area contributed by atoms with Gasteiger partial charge in [-0.1, -0.05) is 0 Å². The van der Waals surface area contributed by atoms with Crippen molar-refractivity contribution in [1.29, 1.82) is 0 Å². The highest BCUT2D eigenvalue weighted by atomic mass is 32.2. The Morgan fingerprint density at radius 1 is 1.47 bits per heavy atom. The van der Waals surface area contributed by atoms with E-state index in [0.29, 0.717) is 19.1 Å². The highest BCUT2D eigenvalue weighted by molar-refractivity contribution is 7.99. The maximum atomic E-state index is 11.3. The van der Waals surface area contributed by atoms with Crippen molar-refractivity contribution in [2.45, 2.75) is 32.7 Å². The third kappa shape index (κ3) is 4.89. The van der Waals surface area contributed by atoms with E-state index in [1.165, 1.54) is 17.9 Å². The molecule has 0 spiro atoms. The van der Waals surface area contributed by atoms with E-state index in [1.54, 1.807) is 0 Å². The zero-order chi connectivity index (χ0) is 11.1. The van der Waals surface area contributed by atoms with Crippen molar-refractivity contribution < 1.29 is 9.53 Å². The number of rotatable bonds is 4. The lowest BCUT2D eigenvalue weighted by Crippen LogP contribution is -2.36. The fraction of sp³-hybridized carbons (Fsp3) is 0.909. The summed E-state index contributed by atoms with van der Waals surface area (Å²) in [7, 11) is 0. The number of hydrogen-bond donors (Lipinski definition) is 0. The second kappa shape index (κ2) is 7.12. The van der Waals surface area contributed by atoms with Crippen LogP contribution in [0.2, 0.25) is 0 Å². The van der Waals surface area contributed by atoms with Crippen LogP contribution in [-0.4, -0.2) is 48.1 Å². The Kier molecular flexibility index (Phi) is 6.10. The average Bonchev–Trinajstić information content (AvgIpc) is 2.45. The van der Waals surface area contributed by atoms with Crippen LogP contribution in [0.15, 0.2) is 0 Å². The lowest BCUT2D eigenvalue weighted by Gasteiger charge is -2.26. The van der Waals surface area contributed by atoms with E-state index < -0.39 is 0 Å². The highest BCUT2D eigenvalue weighted by Gasteiger charge is 2.18. The van der Waals surface area contributed by atoms with Crippen molar-refractivity contribution >= 4 is 17.7 Å². The first-order valence-corrected chi connectivity index (χ1v) is 6.87. The van der Waals surface area contributed by atoms with Gasteiger partial charge in [-0.05, 0) is 32.6 Å². The second-order valence-electron chi connectivity index (χ2n) is 3.86. The molecule has 1 atom stereocenters. The lowest BCUT2D eigenvalue weighted by molar-refractivity contribution is -0.144. The van der Waals surface area contributed by atoms with Gasteiger partial charge in [-0.3, -0.25) is 9.69 Å². The zero-order valence-corrected chi connectivity index (χ0v) is 10.5. The monoisotopic (exact) mass is 231 g/mol. The Morgan fingerprint density at radius 3 is 3.00 bits per heavy atom. The van der Waals surface area contributed by atoms with E-state index in [-0.39, 0.29) is 5.97 Å². The maximum Gasteiger partial charge on any atom is 0.307 e. The average molecular weight is 231 g/mol. The molecule has 3 nitrogen and oxygen atoms in total. The number of nitrogens with zero attached hydrogens (tertiary/aromatic N) is 1. The molecular weight excluding hydrogens is 210 g/mol. The Hall–Kier alpha value is -0.220. The Bertz CT molecular complexity index is 191. The molecule has 0 saturated carbocycles. The molecule has 0 radical (unpaired) electrons. The van der Waals surface area contributed by atoms with E-state index in [1.807, 2.05) is 18.7 Å². The van der Waals surface area contributed by atoms with Crippen molar-refractivity contribution in [2.24, 2.45) is 0 Å². The maximum absolute atomic E-state index is 11.3. The largest absolute Gasteiger partial charge is 0.466 e. The first-order valence-electron chi connectivity index (χ1n) is 5.71.